The van der Waals surface area contributed by atoms with Crippen molar-refractivity contribution >= 4 is 39.3 Å². The van der Waals surface area contributed by atoms with E-state index in [0.717, 1.165) is 17.3 Å². The molecule has 0 saturated heterocycles. The number of thioether (sulfide) groups is 1. The summed E-state index contributed by atoms with van der Waals surface area (Å²) in [5.74, 6) is -0.0375. The predicted molar refractivity (Wildman–Crippen MR) is 139 cm³/mol. The Morgan fingerprint density at radius 2 is 1.61 bits per heavy atom. The molecule has 1 unspecified atom stereocenters. The topological polar surface area (TPSA) is 34.0 Å². The molecule has 5 aromatic rings. The molecule has 0 aliphatic carbocycles. The average molecular weight is 451 g/mol. The molecule has 0 bridgehead atoms. The van der Waals surface area contributed by atoms with Gasteiger partial charge in [-0.05, 0) is 41.5 Å². The maximum Gasteiger partial charge on any atom is 0.251 e. The molecule has 3 nitrogen and oxygen atoms in total. The van der Waals surface area contributed by atoms with E-state index < -0.39 is 0 Å². The van der Waals surface area contributed by atoms with Gasteiger partial charge in [0.05, 0.1) is 0 Å². The van der Waals surface area contributed by atoms with Crippen LogP contribution in [-0.4, -0.2) is 17.0 Å². The van der Waals surface area contributed by atoms with Gasteiger partial charge in [0.2, 0.25) is 0 Å². The Labute approximate surface area is 198 Å². The lowest BCUT2D eigenvalue weighted by atomic mass is 10.1. The zero-order valence-electron chi connectivity index (χ0n) is 18.6. The van der Waals surface area contributed by atoms with Crippen LogP contribution in [0.5, 0.6) is 0 Å². The molecule has 1 amide bonds. The zero-order chi connectivity index (χ0) is 22.6. The van der Waals surface area contributed by atoms with Crippen molar-refractivity contribution in [2.24, 2.45) is 0 Å². The molecule has 4 aromatic carbocycles. The summed E-state index contributed by atoms with van der Waals surface area (Å²) in [5.41, 5.74) is 3.21. The third kappa shape index (κ3) is 4.67. The number of aromatic nitrogens is 1. The lowest BCUT2D eigenvalue weighted by Gasteiger charge is -2.10. The van der Waals surface area contributed by atoms with Crippen molar-refractivity contribution in [3.8, 4) is 0 Å². The van der Waals surface area contributed by atoms with E-state index in [9.17, 15) is 4.79 Å². The quantitative estimate of drug-likeness (QED) is 0.269. The van der Waals surface area contributed by atoms with Crippen LogP contribution in [0.25, 0.3) is 21.7 Å². The number of rotatable bonds is 7. The van der Waals surface area contributed by atoms with Gasteiger partial charge in [-0.1, -0.05) is 78.9 Å². The summed E-state index contributed by atoms with van der Waals surface area (Å²) in [6.07, 6.45) is 2.22. The van der Waals surface area contributed by atoms with Gasteiger partial charge in [-0.3, -0.25) is 4.79 Å². The van der Waals surface area contributed by atoms with E-state index in [1.807, 2.05) is 48.2 Å². The summed E-state index contributed by atoms with van der Waals surface area (Å²) >= 11 is 1.88. The number of carbonyl (C=O) groups excluding carboxylic acids is 1. The lowest BCUT2D eigenvalue weighted by molar-refractivity contribution is 0.0952. The van der Waals surface area contributed by atoms with Crippen LogP contribution in [0.4, 0.5) is 0 Å². The highest BCUT2D eigenvalue weighted by atomic mass is 32.2. The molecule has 0 aliphatic rings. The van der Waals surface area contributed by atoms with E-state index in [2.05, 4.69) is 83.7 Å². The third-order valence-electron chi connectivity index (χ3n) is 5.97. The van der Waals surface area contributed by atoms with Gasteiger partial charge >= 0.3 is 0 Å². The summed E-state index contributed by atoms with van der Waals surface area (Å²) < 4.78 is 2.25. The number of nitrogens with zero attached hydrogens (tertiary/aromatic N) is 1. The van der Waals surface area contributed by atoms with Crippen molar-refractivity contribution < 1.29 is 4.79 Å². The minimum Gasteiger partial charge on any atom is -0.350 e. The predicted octanol–water partition coefficient (Wildman–Crippen LogP) is 7.08. The fourth-order valence-corrected chi connectivity index (χ4v) is 5.36. The largest absolute Gasteiger partial charge is 0.350 e. The summed E-state index contributed by atoms with van der Waals surface area (Å²) in [7, 11) is 0. The van der Waals surface area contributed by atoms with Crippen molar-refractivity contribution in [1.29, 1.82) is 0 Å². The summed E-state index contributed by atoms with van der Waals surface area (Å²) in [6, 6.07) is 33.0. The first kappa shape index (κ1) is 21.4. The van der Waals surface area contributed by atoms with Crippen molar-refractivity contribution in [1.82, 2.24) is 9.88 Å². The first-order chi connectivity index (χ1) is 16.2. The van der Waals surface area contributed by atoms with Gasteiger partial charge in [-0.25, -0.2) is 0 Å². The number of amides is 1. The lowest BCUT2D eigenvalue weighted by Crippen LogP contribution is -2.27. The molecule has 1 N–H and O–H groups in total. The second-order valence-corrected chi connectivity index (χ2v) is 9.58. The second kappa shape index (κ2) is 9.55. The van der Waals surface area contributed by atoms with Crippen molar-refractivity contribution in [3.05, 3.63) is 114 Å². The van der Waals surface area contributed by atoms with E-state index in [1.54, 1.807) is 0 Å². The molecule has 1 aromatic heterocycles. The molecule has 0 aliphatic heterocycles. The molecule has 4 heteroatoms. The number of hydrogen-bond acceptors (Lipinski definition) is 2. The van der Waals surface area contributed by atoms with Crippen LogP contribution in [0.1, 0.15) is 28.1 Å². The van der Waals surface area contributed by atoms with E-state index >= 15 is 0 Å². The van der Waals surface area contributed by atoms with Crippen LogP contribution >= 0.6 is 11.8 Å². The monoisotopic (exact) mass is 450 g/mol. The van der Waals surface area contributed by atoms with Gasteiger partial charge in [-0.15, -0.1) is 11.8 Å². The van der Waals surface area contributed by atoms with Crippen LogP contribution in [0.2, 0.25) is 0 Å². The van der Waals surface area contributed by atoms with E-state index in [-0.39, 0.29) is 5.91 Å². The SMILES string of the molecule is CC(Sc1cn(CCNC(=O)c2ccc3ccccc3c2)c2ccccc12)c1ccccc1. The van der Waals surface area contributed by atoms with Crippen molar-refractivity contribution in [2.75, 3.05) is 6.54 Å². The first-order valence-electron chi connectivity index (χ1n) is 11.3. The van der Waals surface area contributed by atoms with Gasteiger partial charge in [0, 0.05) is 45.9 Å². The molecule has 0 fully saturated rings. The Hall–Kier alpha value is -3.50. The molecule has 1 heterocycles. The zero-order valence-corrected chi connectivity index (χ0v) is 19.4. The van der Waals surface area contributed by atoms with Crippen LogP contribution in [-0.2, 0) is 6.54 Å². The van der Waals surface area contributed by atoms with Crippen LogP contribution in [0.3, 0.4) is 0 Å². The number of carbonyl (C=O) groups is 1. The highest BCUT2D eigenvalue weighted by Crippen LogP contribution is 2.39. The summed E-state index contributed by atoms with van der Waals surface area (Å²) in [6.45, 7) is 3.54. The average Bonchev–Trinajstić information content (AvgIpc) is 3.21. The smallest absolute Gasteiger partial charge is 0.251 e. The minimum absolute atomic E-state index is 0.0375. The Kier molecular flexibility index (Phi) is 6.18. The van der Waals surface area contributed by atoms with Gasteiger partial charge < -0.3 is 9.88 Å². The molecule has 164 valence electrons. The molecule has 33 heavy (non-hydrogen) atoms. The molecule has 0 spiro atoms. The van der Waals surface area contributed by atoms with Crippen LogP contribution in [0, 0.1) is 0 Å². The van der Waals surface area contributed by atoms with Crippen molar-refractivity contribution in [3.63, 3.8) is 0 Å². The maximum atomic E-state index is 12.7. The Balaban J connectivity index is 1.29. The molecule has 0 radical (unpaired) electrons. The standard InChI is InChI=1S/C29H26N2OS/c1-21(22-9-3-2-4-10-22)33-28-20-31(27-14-8-7-13-26(27)28)18-17-30-29(32)25-16-15-23-11-5-6-12-24(23)19-25/h2-16,19-21H,17-18H2,1H3,(H,30,32). The van der Waals surface area contributed by atoms with Gasteiger partial charge in [0.15, 0.2) is 0 Å². The molecule has 5 rings (SSSR count). The van der Waals surface area contributed by atoms with Gasteiger partial charge in [0.1, 0.15) is 0 Å². The third-order valence-corrected chi connectivity index (χ3v) is 7.18. The number of nitrogens with one attached hydrogen (secondary N) is 1. The summed E-state index contributed by atoms with van der Waals surface area (Å²) in [4.78, 5) is 14.0. The Morgan fingerprint density at radius 1 is 0.879 bits per heavy atom. The fraction of sp³-hybridized carbons (Fsp3) is 0.138. The Bertz CT molecular complexity index is 1410. The molecule has 1 atom stereocenters. The van der Waals surface area contributed by atoms with Crippen LogP contribution < -0.4 is 5.32 Å². The van der Waals surface area contributed by atoms with E-state index in [0.29, 0.717) is 17.4 Å². The molecular formula is C29H26N2OS. The highest BCUT2D eigenvalue weighted by molar-refractivity contribution is 7.99. The number of fused-ring (bicyclic) bond motifs is 2. The Morgan fingerprint density at radius 3 is 2.45 bits per heavy atom. The van der Waals surface area contributed by atoms with Crippen LogP contribution in [0.15, 0.2) is 108 Å². The molecule has 0 saturated carbocycles. The minimum atomic E-state index is -0.0375. The van der Waals surface area contributed by atoms with E-state index in [4.69, 9.17) is 0 Å². The van der Waals surface area contributed by atoms with Crippen molar-refractivity contribution in [2.45, 2.75) is 23.6 Å². The number of hydrogen-bond donors (Lipinski definition) is 1. The molecular weight excluding hydrogens is 424 g/mol. The normalized spacial score (nSPS) is 12.2. The van der Waals surface area contributed by atoms with Gasteiger partial charge in [-0.2, -0.15) is 0 Å². The highest BCUT2D eigenvalue weighted by Gasteiger charge is 2.14. The fourth-order valence-electron chi connectivity index (χ4n) is 4.20. The summed E-state index contributed by atoms with van der Waals surface area (Å²) in [5, 5.41) is 6.92. The van der Waals surface area contributed by atoms with Gasteiger partial charge in [0.25, 0.3) is 5.91 Å². The number of benzene rings is 4. The maximum absolute atomic E-state index is 12.7. The number of para-hydroxylation sites is 1. The second-order valence-electron chi connectivity index (χ2n) is 8.19. The van der Waals surface area contributed by atoms with E-state index in [1.165, 1.54) is 21.4 Å². The first-order valence-corrected chi connectivity index (χ1v) is 12.1.